The second-order valence-corrected chi connectivity index (χ2v) is 2.58. The summed E-state index contributed by atoms with van der Waals surface area (Å²) in [4.78, 5) is 10.3. The van der Waals surface area contributed by atoms with E-state index < -0.39 is 6.04 Å². The summed E-state index contributed by atoms with van der Waals surface area (Å²) in [7, 11) is 0. The largest absolute Gasteiger partial charge is 0.382 e. The van der Waals surface area contributed by atoms with E-state index in [1.165, 1.54) is 0 Å². The number of nitrogens with one attached hydrogen (secondary N) is 2. The summed E-state index contributed by atoms with van der Waals surface area (Å²) in [5.74, 6) is 0. The van der Waals surface area contributed by atoms with Gasteiger partial charge < -0.3 is 10.1 Å². The maximum atomic E-state index is 10.3. The first-order chi connectivity index (χ1) is 6.36. The molecule has 4 heteroatoms. The molecule has 2 N–H and O–H groups in total. The van der Waals surface area contributed by atoms with E-state index in [9.17, 15) is 4.79 Å². The summed E-state index contributed by atoms with van der Waals surface area (Å²) in [6.45, 7) is 0.372. The van der Waals surface area contributed by atoms with E-state index in [0.29, 0.717) is 12.8 Å². The molecule has 1 unspecified atom stereocenters. The van der Waals surface area contributed by atoms with Crippen molar-refractivity contribution in [1.82, 2.24) is 0 Å². The maximum Gasteiger partial charge on any atom is 0.148 e. The molecule has 0 heterocycles. The lowest BCUT2D eigenvalue weighted by atomic mass is 10.3. The lowest BCUT2D eigenvalue weighted by Crippen LogP contribution is -2.18. The van der Waals surface area contributed by atoms with E-state index in [1.54, 1.807) is 0 Å². The van der Waals surface area contributed by atoms with Crippen LogP contribution in [-0.4, -0.2) is 18.9 Å². The van der Waals surface area contributed by atoms with Gasteiger partial charge in [-0.05, 0) is 12.1 Å². The highest BCUT2D eigenvalue weighted by Gasteiger charge is 2.02. The van der Waals surface area contributed by atoms with E-state index in [1.807, 2.05) is 30.3 Å². The third-order valence-electron chi connectivity index (χ3n) is 1.61. The number of nitrogens with zero attached hydrogens (tertiary/aromatic N) is 1. The molecule has 13 heavy (non-hydrogen) atoms. The number of para-hydroxylation sites is 1. The molecule has 1 atom stereocenters. The average Bonchev–Trinajstić information content (AvgIpc) is 2.21. The van der Waals surface area contributed by atoms with Crippen LogP contribution in [0.3, 0.4) is 0 Å². The molecule has 1 aromatic rings. The topological polar surface area (TPSA) is 65.3 Å². The van der Waals surface area contributed by atoms with Gasteiger partial charge in [-0.3, -0.25) is 0 Å². The highest BCUT2D eigenvalue weighted by atomic mass is 16.1. The second-order valence-electron chi connectivity index (χ2n) is 2.58. The predicted molar refractivity (Wildman–Crippen MR) is 49.9 cm³/mol. The zero-order valence-corrected chi connectivity index (χ0v) is 7.10. The van der Waals surface area contributed by atoms with E-state index >= 15 is 0 Å². The molecule has 0 saturated heterocycles. The maximum absolute atomic E-state index is 10.3. The summed E-state index contributed by atoms with van der Waals surface area (Å²) in [5.41, 5.74) is 7.61. The van der Waals surface area contributed by atoms with Crippen LogP contribution in [0.25, 0.3) is 0 Å². The molecule has 0 fully saturated rings. The van der Waals surface area contributed by atoms with Gasteiger partial charge in [0.1, 0.15) is 12.3 Å². The molecule has 0 aromatic heterocycles. The first-order valence-electron chi connectivity index (χ1n) is 3.97. The molecular weight excluding hydrogens is 166 g/mol. The fraction of sp³-hybridized carbons (Fsp3) is 0.222. The van der Waals surface area contributed by atoms with Crippen LogP contribution in [-0.2, 0) is 4.79 Å². The van der Waals surface area contributed by atoms with Crippen molar-refractivity contribution in [2.24, 2.45) is 5.11 Å². The molecule has 0 spiro atoms. The van der Waals surface area contributed by atoms with Crippen molar-refractivity contribution < 1.29 is 4.79 Å². The van der Waals surface area contributed by atoms with Gasteiger partial charge in [0, 0.05) is 12.2 Å². The Labute approximate surface area is 76.5 Å². The fourth-order valence-corrected chi connectivity index (χ4v) is 0.903. The Morgan fingerprint density at radius 1 is 1.46 bits per heavy atom. The molecule has 0 aliphatic rings. The Bertz CT molecular complexity index is 265. The standard InChI is InChI=1S/C9H11N3O/c10-12-9(7-13)6-11-8-4-2-1-3-5-8/h1-5,7,9-11H,6H2. The van der Waals surface area contributed by atoms with Gasteiger partial charge in [-0.1, -0.05) is 18.2 Å². The van der Waals surface area contributed by atoms with Crippen molar-refractivity contribution >= 4 is 12.0 Å². The van der Waals surface area contributed by atoms with Gasteiger partial charge in [-0.25, -0.2) is 5.53 Å². The minimum Gasteiger partial charge on any atom is -0.382 e. The minimum atomic E-state index is -0.583. The molecule has 4 nitrogen and oxygen atoms in total. The minimum absolute atomic E-state index is 0.372. The van der Waals surface area contributed by atoms with Crippen LogP contribution in [0.4, 0.5) is 5.69 Å². The zero-order valence-electron chi connectivity index (χ0n) is 7.10. The molecule has 0 radical (unpaired) electrons. The van der Waals surface area contributed by atoms with Crippen LogP contribution in [0, 0.1) is 5.53 Å². The summed E-state index contributed by atoms with van der Waals surface area (Å²) in [5, 5.41) is 6.14. The quantitative estimate of drug-likeness (QED) is 0.531. The van der Waals surface area contributed by atoms with Crippen LogP contribution in [0.2, 0.25) is 0 Å². The molecular formula is C9H11N3O. The third kappa shape index (κ3) is 3.02. The number of carbonyl (C=O) groups is 1. The lowest BCUT2D eigenvalue weighted by molar-refractivity contribution is -0.108. The monoisotopic (exact) mass is 177 g/mol. The van der Waals surface area contributed by atoms with E-state index in [0.717, 1.165) is 5.69 Å². The number of rotatable bonds is 5. The highest BCUT2D eigenvalue weighted by Crippen LogP contribution is 2.04. The number of hydrogen-bond acceptors (Lipinski definition) is 4. The van der Waals surface area contributed by atoms with Crippen molar-refractivity contribution in [1.29, 1.82) is 5.53 Å². The van der Waals surface area contributed by atoms with Crippen molar-refractivity contribution in [3.05, 3.63) is 30.3 Å². The molecule has 0 saturated carbocycles. The SMILES string of the molecule is N=NC(C=O)CNc1ccccc1. The van der Waals surface area contributed by atoms with E-state index in [-0.39, 0.29) is 0 Å². The zero-order chi connectivity index (χ0) is 9.52. The van der Waals surface area contributed by atoms with Gasteiger partial charge in [-0.15, -0.1) is 0 Å². The second kappa shape index (κ2) is 5.03. The Morgan fingerprint density at radius 3 is 2.69 bits per heavy atom. The molecule has 0 amide bonds. The van der Waals surface area contributed by atoms with Gasteiger partial charge >= 0.3 is 0 Å². The molecule has 68 valence electrons. The average molecular weight is 177 g/mol. The number of benzene rings is 1. The lowest BCUT2D eigenvalue weighted by Gasteiger charge is -2.06. The Kier molecular flexibility index (Phi) is 3.63. The van der Waals surface area contributed by atoms with E-state index in [4.69, 9.17) is 5.53 Å². The number of aldehydes is 1. The normalized spacial score (nSPS) is 11.7. The van der Waals surface area contributed by atoms with Crippen molar-refractivity contribution in [3.63, 3.8) is 0 Å². The molecule has 1 aromatic carbocycles. The fourth-order valence-electron chi connectivity index (χ4n) is 0.903. The van der Waals surface area contributed by atoms with Crippen LogP contribution >= 0.6 is 0 Å². The molecule has 0 bridgehead atoms. The van der Waals surface area contributed by atoms with Crippen LogP contribution in [0.1, 0.15) is 0 Å². The van der Waals surface area contributed by atoms with Gasteiger partial charge in [0.25, 0.3) is 0 Å². The smallest absolute Gasteiger partial charge is 0.148 e. The summed E-state index contributed by atoms with van der Waals surface area (Å²) in [6, 6.07) is 8.92. The van der Waals surface area contributed by atoms with Crippen LogP contribution in [0.5, 0.6) is 0 Å². The van der Waals surface area contributed by atoms with Crippen LogP contribution < -0.4 is 5.32 Å². The van der Waals surface area contributed by atoms with Gasteiger partial charge in [0.2, 0.25) is 0 Å². The highest BCUT2D eigenvalue weighted by molar-refractivity contribution is 5.59. The summed E-state index contributed by atoms with van der Waals surface area (Å²) >= 11 is 0. The Morgan fingerprint density at radius 2 is 2.15 bits per heavy atom. The van der Waals surface area contributed by atoms with Gasteiger partial charge in [-0.2, -0.15) is 5.11 Å². The van der Waals surface area contributed by atoms with E-state index in [2.05, 4.69) is 10.4 Å². The van der Waals surface area contributed by atoms with Crippen molar-refractivity contribution in [2.75, 3.05) is 11.9 Å². The van der Waals surface area contributed by atoms with Crippen molar-refractivity contribution in [3.8, 4) is 0 Å². The van der Waals surface area contributed by atoms with Crippen LogP contribution in [0.15, 0.2) is 35.4 Å². The molecule has 0 aliphatic heterocycles. The third-order valence-corrected chi connectivity index (χ3v) is 1.61. The summed E-state index contributed by atoms with van der Waals surface area (Å²) in [6.07, 6.45) is 0.656. The predicted octanol–water partition coefficient (Wildman–Crippen LogP) is 1.70. The number of carbonyl (C=O) groups excluding carboxylic acids is 1. The Hall–Kier alpha value is -1.71. The molecule has 1 rings (SSSR count). The van der Waals surface area contributed by atoms with Crippen molar-refractivity contribution in [2.45, 2.75) is 6.04 Å². The Balaban J connectivity index is 2.42. The van der Waals surface area contributed by atoms with Gasteiger partial charge in [0.15, 0.2) is 0 Å². The number of hydrogen-bond donors (Lipinski definition) is 2. The summed E-state index contributed by atoms with van der Waals surface area (Å²) < 4.78 is 0. The molecule has 0 aliphatic carbocycles. The number of anilines is 1. The first kappa shape index (κ1) is 9.38. The van der Waals surface area contributed by atoms with Gasteiger partial charge in [0.05, 0.1) is 0 Å². The first-order valence-corrected chi connectivity index (χ1v) is 3.97.